The molecule has 1 N–H and O–H groups in total. The van der Waals surface area contributed by atoms with Gasteiger partial charge < -0.3 is 14.7 Å². The number of hydrogen-bond donors (Lipinski definition) is 1. The molecule has 0 saturated carbocycles. The van der Waals surface area contributed by atoms with Crippen molar-refractivity contribution in [2.45, 2.75) is 19.1 Å². The van der Waals surface area contributed by atoms with Crippen LogP contribution in [0.5, 0.6) is 0 Å². The second-order valence-electron chi connectivity index (χ2n) is 5.95. The van der Waals surface area contributed by atoms with E-state index in [1.165, 1.54) is 11.0 Å². The van der Waals surface area contributed by atoms with Crippen LogP contribution >= 0.6 is 0 Å². The average molecular weight is 321 g/mol. The van der Waals surface area contributed by atoms with Crippen LogP contribution in [0.2, 0.25) is 0 Å². The Bertz CT molecular complexity index is 636. The first-order chi connectivity index (χ1) is 11.0. The molecule has 0 radical (unpaired) electrons. The van der Waals surface area contributed by atoms with Gasteiger partial charge in [-0.15, -0.1) is 0 Å². The molecule has 2 unspecified atom stereocenters. The Morgan fingerprint density at radius 2 is 2.17 bits per heavy atom. The van der Waals surface area contributed by atoms with Gasteiger partial charge in [0.15, 0.2) is 0 Å². The fourth-order valence-corrected chi connectivity index (χ4v) is 3.33. The minimum Gasteiger partial charge on any atom is -0.465 e. The molecule has 23 heavy (non-hydrogen) atoms. The summed E-state index contributed by atoms with van der Waals surface area (Å²) in [5.74, 6) is 0. The molecule has 1 aromatic rings. The number of nitro groups is 1. The van der Waals surface area contributed by atoms with Gasteiger partial charge in [-0.25, -0.2) is 4.79 Å². The van der Waals surface area contributed by atoms with Gasteiger partial charge in [0.05, 0.1) is 23.7 Å². The van der Waals surface area contributed by atoms with Gasteiger partial charge in [-0.05, 0) is 12.5 Å². The Morgan fingerprint density at radius 3 is 2.87 bits per heavy atom. The molecule has 2 aliphatic rings. The van der Waals surface area contributed by atoms with Crippen molar-refractivity contribution in [2.24, 2.45) is 0 Å². The molecular formula is C15H19N3O5. The highest BCUT2D eigenvalue weighted by atomic mass is 16.6. The summed E-state index contributed by atoms with van der Waals surface area (Å²) < 4.78 is 5.89. The maximum Gasteiger partial charge on any atom is 0.407 e. The van der Waals surface area contributed by atoms with Gasteiger partial charge in [0.1, 0.15) is 0 Å². The minimum absolute atomic E-state index is 0.0510. The second-order valence-corrected chi connectivity index (χ2v) is 5.95. The van der Waals surface area contributed by atoms with Crippen LogP contribution in [0.1, 0.15) is 17.2 Å². The highest BCUT2D eigenvalue weighted by Crippen LogP contribution is 2.32. The molecule has 2 fully saturated rings. The Kier molecular flexibility index (Phi) is 4.18. The average Bonchev–Trinajstić information content (AvgIpc) is 2.53. The number of piperazine rings is 1. The number of rotatable bonds is 2. The number of ether oxygens (including phenoxy) is 1. The zero-order chi connectivity index (χ0) is 16.6. The van der Waals surface area contributed by atoms with E-state index in [9.17, 15) is 14.9 Å². The van der Waals surface area contributed by atoms with Crippen LogP contribution in [0.3, 0.4) is 0 Å². The molecule has 0 spiro atoms. The van der Waals surface area contributed by atoms with E-state index < -0.39 is 6.09 Å². The third-order valence-electron chi connectivity index (χ3n) is 4.66. The first-order valence-corrected chi connectivity index (χ1v) is 7.55. The number of morpholine rings is 1. The predicted molar refractivity (Wildman–Crippen MR) is 81.5 cm³/mol. The lowest BCUT2D eigenvalue weighted by Crippen LogP contribution is -2.59. The molecule has 0 aromatic heterocycles. The van der Waals surface area contributed by atoms with Crippen molar-refractivity contribution in [3.8, 4) is 0 Å². The third kappa shape index (κ3) is 2.99. The van der Waals surface area contributed by atoms with Crippen molar-refractivity contribution >= 4 is 11.8 Å². The number of hydrogen-bond acceptors (Lipinski definition) is 5. The summed E-state index contributed by atoms with van der Waals surface area (Å²) in [5, 5.41) is 20.2. The van der Waals surface area contributed by atoms with Crippen LogP contribution < -0.4 is 0 Å². The van der Waals surface area contributed by atoms with Crippen LogP contribution in [-0.4, -0.2) is 64.8 Å². The molecule has 8 heteroatoms. The molecule has 2 atom stereocenters. The summed E-state index contributed by atoms with van der Waals surface area (Å²) in [5.41, 5.74) is 1.56. The molecule has 8 nitrogen and oxygen atoms in total. The Morgan fingerprint density at radius 1 is 1.39 bits per heavy atom. The van der Waals surface area contributed by atoms with Crippen molar-refractivity contribution in [1.29, 1.82) is 0 Å². The van der Waals surface area contributed by atoms with Crippen LogP contribution in [0, 0.1) is 17.0 Å². The third-order valence-corrected chi connectivity index (χ3v) is 4.66. The van der Waals surface area contributed by atoms with Gasteiger partial charge >= 0.3 is 6.09 Å². The summed E-state index contributed by atoms with van der Waals surface area (Å²) in [4.78, 5) is 25.4. The number of carbonyl (C=O) groups is 1. The highest BCUT2D eigenvalue weighted by molar-refractivity contribution is 5.65. The zero-order valence-electron chi connectivity index (χ0n) is 12.8. The van der Waals surface area contributed by atoms with Gasteiger partial charge in [0.2, 0.25) is 0 Å². The van der Waals surface area contributed by atoms with Gasteiger partial charge in [-0.3, -0.25) is 15.0 Å². The summed E-state index contributed by atoms with van der Waals surface area (Å²) in [7, 11) is 0. The number of fused-ring (bicyclic) bond motifs is 1. The van der Waals surface area contributed by atoms with Gasteiger partial charge in [0.25, 0.3) is 5.69 Å². The number of nitro benzene ring substituents is 1. The maximum atomic E-state index is 11.1. The van der Waals surface area contributed by atoms with Crippen molar-refractivity contribution in [3.05, 3.63) is 39.4 Å². The summed E-state index contributed by atoms with van der Waals surface area (Å²) in [6.07, 6.45) is -1.12. The van der Waals surface area contributed by atoms with Gasteiger partial charge in [-0.1, -0.05) is 12.1 Å². The van der Waals surface area contributed by atoms with Crippen molar-refractivity contribution in [3.63, 3.8) is 0 Å². The number of carboxylic acid groups (broad SMARTS) is 1. The molecule has 1 aromatic carbocycles. The monoisotopic (exact) mass is 321 g/mol. The lowest BCUT2D eigenvalue weighted by molar-refractivity contribution is -0.385. The van der Waals surface area contributed by atoms with Crippen LogP contribution in [0.25, 0.3) is 0 Å². The van der Waals surface area contributed by atoms with E-state index in [1.807, 2.05) is 6.07 Å². The summed E-state index contributed by atoms with van der Waals surface area (Å²) >= 11 is 0. The van der Waals surface area contributed by atoms with Crippen LogP contribution in [0.4, 0.5) is 10.5 Å². The molecule has 0 bridgehead atoms. The van der Waals surface area contributed by atoms with Crippen molar-refractivity contribution < 1.29 is 19.6 Å². The SMILES string of the molecule is Cc1c(C2CN3CCN(C(=O)O)CC3CO2)cccc1[N+](=O)[O-]. The fourth-order valence-electron chi connectivity index (χ4n) is 3.33. The largest absolute Gasteiger partial charge is 0.465 e. The molecule has 2 heterocycles. The summed E-state index contributed by atoms with van der Waals surface area (Å²) in [6, 6.07) is 5.09. The fraction of sp³-hybridized carbons (Fsp3) is 0.533. The normalized spacial score (nSPS) is 25.0. The maximum absolute atomic E-state index is 11.1. The Hall–Kier alpha value is -2.19. The van der Waals surface area contributed by atoms with E-state index in [-0.39, 0.29) is 22.8 Å². The molecule has 1 amide bonds. The Balaban J connectivity index is 1.75. The molecule has 124 valence electrons. The quantitative estimate of drug-likeness (QED) is 0.657. The highest BCUT2D eigenvalue weighted by Gasteiger charge is 2.36. The van der Waals surface area contributed by atoms with E-state index in [1.54, 1.807) is 13.0 Å². The van der Waals surface area contributed by atoms with E-state index in [2.05, 4.69) is 4.90 Å². The minimum atomic E-state index is -0.902. The van der Waals surface area contributed by atoms with E-state index in [0.717, 1.165) is 5.56 Å². The van der Waals surface area contributed by atoms with Crippen molar-refractivity contribution in [1.82, 2.24) is 9.80 Å². The lowest BCUT2D eigenvalue weighted by Gasteiger charge is -2.45. The predicted octanol–water partition coefficient (Wildman–Crippen LogP) is 1.64. The summed E-state index contributed by atoms with van der Waals surface area (Å²) in [6.45, 7) is 4.37. The van der Waals surface area contributed by atoms with E-state index in [0.29, 0.717) is 38.3 Å². The molecule has 2 aliphatic heterocycles. The number of benzene rings is 1. The van der Waals surface area contributed by atoms with E-state index in [4.69, 9.17) is 9.84 Å². The smallest absolute Gasteiger partial charge is 0.407 e. The topological polar surface area (TPSA) is 96.2 Å². The standard InChI is InChI=1S/C15H19N3O5/c1-10-12(3-2-4-13(10)18(21)22)14-8-16-5-6-17(15(19)20)7-11(16)9-23-14/h2-4,11,14H,5-9H2,1H3,(H,19,20). The Labute approximate surface area is 133 Å². The molecule has 2 saturated heterocycles. The second kappa shape index (κ2) is 6.13. The molecule has 0 aliphatic carbocycles. The number of amides is 1. The van der Waals surface area contributed by atoms with Gasteiger partial charge in [-0.2, -0.15) is 0 Å². The molecule has 3 rings (SSSR count). The van der Waals surface area contributed by atoms with Gasteiger partial charge in [0, 0.05) is 37.8 Å². The van der Waals surface area contributed by atoms with E-state index >= 15 is 0 Å². The first-order valence-electron chi connectivity index (χ1n) is 7.55. The lowest BCUT2D eigenvalue weighted by atomic mass is 9.98. The van der Waals surface area contributed by atoms with Crippen molar-refractivity contribution in [2.75, 3.05) is 32.8 Å². The zero-order valence-corrected chi connectivity index (χ0v) is 12.8. The number of nitrogens with zero attached hydrogens (tertiary/aromatic N) is 3. The molecular weight excluding hydrogens is 302 g/mol. The van der Waals surface area contributed by atoms with Crippen LogP contribution in [-0.2, 0) is 4.74 Å². The van der Waals surface area contributed by atoms with Crippen LogP contribution in [0.15, 0.2) is 18.2 Å². The first kappa shape index (κ1) is 15.7.